The number of aliphatic hydroxyl groups is 2. The Balaban J connectivity index is 2.81. The molecule has 0 atom stereocenters. The number of nitrogens with two attached hydrogens (primary N) is 1. The van der Waals surface area contributed by atoms with E-state index in [9.17, 15) is 0 Å². The fraction of sp³-hybridized carbons (Fsp3) is 0.647. The van der Waals surface area contributed by atoms with Gasteiger partial charge in [-0.1, -0.05) is 0 Å². The second kappa shape index (κ2) is 10.3. The topological polar surface area (TPSA) is 79.0 Å². The van der Waals surface area contributed by atoms with Crippen molar-refractivity contribution in [2.45, 2.75) is 45.6 Å². The summed E-state index contributed by atoms with van der Waals surface area (Å²) in [6.45, 7) is 6.13. The van der Waals surface area contributed by atoms with Crippen LogP contribution in [0.1, 0.15) is 39.5 Å². The Bertz CT molecular complexity index is 414. The largest absolute Gasteiger partial charge is 0.489 e. The Morgan fingerprint density at radius 2 is 1.64 bits per heavy atom. The van der Waals surface area contributed by atoms with Crippen LogP contribution in [0.15, 0.2) is 18.2 Å². The molecule has 0 spiro atoms. The highest BCUT2D eigenvalue weighted by atomic mass is 16.5. The van der Waals surface area contributed by atoms with Crippen LogP contribution in [0.4, 0.5) is 11.4 Å². The minimum absolute atomic E-state index is 0.0785. The van der Waals surface area contributed by atoms with E-state index in [1.807, 2.05) is 32.0 Å². The second-order valence-electron chi connectivity index (χ2n) is 5.74. The number of hydrogen-bond donors (Lipinski definition) is 3. The van der Waals surface area contributed by atoms with Gasteiger partial charge in [-0.15, -0.1) is 0 Å². The minimum Gasteiger partial charge on any atom is -0.489 e. The molecule has 1 aromatic rings. The Hall–Kier alpha value is -1.46. The Morgan fingerprint density at radius 3 is 2.14 bits per heavy atom. The van der Waals surface area contributed by atoms with Gasteiger partial charge in [0.2, 0.25) is 0 Å². The van der Waals surface area contributed by atoms with Crippen LogP contribution in [-0.2, 0) is 0 Å². The zero-order chi connectivity index (χ0) is 16.4. The first-order valence-corrected chi connectivity index (χ1v) is 8.11. The Kier molecular flexibility index (Phi) is 8.70. The first-order valence-electron chi connectivity index (χ1n) is 8.11. The summed E-state index contributed by atoms with van der Waals surface area (Å²) >= 11 is 0. The molecule has 0 unspecified atom stereocenters. The highest BCUT2D eigenvalue weighted by Gasteiger charge is 2.10. The molecule has 0 amide bonds. The van der Waals surface area contributed by atoms with Gasteiger partial charge in [-0.3, -0.25) is 0 Å². The van der Waals surface area contributed by atoms with E-state index >= 15 is 0 Å². The summed E-state index contributed by atoms with van der Waals surface area (Å²) < 4.78 is 5.76. The van der Waals surface area contributed by atoms with E-state index in [1.54, 1.807) is 0 Å². The molecule has 0 heterocycles. The first-order chi connectivity index (χ1) is 10.6. The molecular weight excluding hydrogens is 280 g/mol. The maximum absolute atomic E-state index is 8.96. The number of nitrogen functional groups attached to an aromatic ring is 1. The lowest BCUT2D eigenvalue weighted by molar-refractivity contribution is 0.244. The normalized spacial score (nSPS) is 11.0. The van der Waals surface area contributed by atoms with Crippen LogP contribution >= 0.6 is 0 Å². The molecule has 0 saturated heterocycles. The predicted molar refractivity (Wildman–Crippen MR) is 91.5 cm³/mol. The van der Waals surface area contributed by atoms with Crippen LogP contribution in [0.25, 0.3) is 0 Å². The molecule has 22 heavy (non-hydrogen) atoms. The van der Waals surface area contributed by atoms with Crippen LogP contribution in [0.5, 0.6) is 5.75 Å². The van der Waals surface area contributed by atoms with E-state index in [0.29, 0.717) is 11.4 Å². The third-order valence-electron chi connectivity index (χ3n) is 3.40. The zero-order valence-corrected chi connectivity index (χ0v) is 13.8. The molecule has 0 aromatic heterocycles. The number of rotatable bonds is 11. The number of ether oxygens (including phenoxy) is 1. The van der Waals surface area contributed by atoms with Gasteiger partial charge in [0.25, 0.3) is 0 Å². The Labute approximate surface area is 133 Å². The van der Waals surface area contributed by atoms with Crippen LogP contribution in [-0.4, -0.2) is 42.6 Å². The molecule has 126 valence electrons. The monoisotopic (exact) mass is 310 g/mol. The van der Waals surface area contributed by atoms with Crippen molar-refractivity contribution in [3.8, 4) is 5.75 Å². The van der Waals surface area contributed by atoms with Gasteiger partial charge in [0, 0.05) is 38.1 Å². The van der Waals surface area contributed by atoms with Gasteiger partial charge < -0.3 is 25.6 Å². The van der Waals surface area contributed by atoms with Crippen molar-refractivity contribution < 1.29 is 14.9 Å². The van der Waals surface area contributed by atoms with E-state index in [0.717, 1.165) is 44.5 Å². The molecule has 0 aliphatic rings. The van der Waals surface area contributed by atoms with Crippen LogP contribution in [0, 0.1) is 0 Å². The van der Waals surface area contributed by atoms with Crippen molar-refractivity contribution in [1.82, 2.24) is 0 Å². The molecular formula is C17H30N2O3. The molecule has 0 saturated carbocycles. The summed E-state index contributed by atoms with van der Waals surface area (Å²) in [5.41, 5.74) is 7.68. The SMILES string of the molecule is CC(C)Oc1cc(N(CCCCO)CCCCO)ccc1N. The number of benzene rings is 1. The highest BCUT2D eigenvalue weighted by Crippen LogP contribution is 2.29. The fourth-order valence-corrected chi connectivity index (χ4v) is 2.27. The predicted octanol–water partition coefficient (Wildman–Crippen LogP) is 2.41. The smallest absolute Gasteiger partial charge is 0.144 e. The molecule has 0 aliphatic heterocycles. The van der Waals surface area contributed by atoms with Crippen molar-refractivity contribution in [2.75, 3.05) is 36.9 Å². The van der Waals surface area contributed by atoms with Gasteiger partial charge >= 0.3 is 0 Å². The summed E-state index contributed by atoms with van der Waals surface area (Å²) in [7, 11) is 0. The second-order valence-corrected chi connectivity index (χ2v) is 5.74. The molecule has 5 heteroatoms. The van der Waals surface area contributed by atoms with Gasteiger partial charge in [0.15, 0.2) is 0 Å². The van der Waals surface area contributed by atoms with Gasteiger partial charge in [0.05, 0.1) is 11.8 Å². The lowest BCUT2D eigenvalue weighted by atomic mass is 10.2. The summed E-state index contributed by atoms with van der Waals surface area (Å²) in [4.78, 5) is 2.26. The highest BCUT2D eigenvalue weighted by molar-refractivity contribution is 5.62. The number of anilines is 2. The molecule has 5 nitrogen and oxygen atoms in total. The first kappa shape index (κ1) is 18.6. The average molecular weight is 310 g/mol. The summed E-state index contributed by atoms with van der Waals surface area (Å²) in [6, 6.07) is 5.85. The Morgan fingerprint density at radius 1 is 1.05 bits per heavy atom. The minimum atomic E-state index is 0.0785. The molecule has 4 N–H and O–H groups in total. The summed E-state index contributed by atoms with van der Waals surface area (Å²) in [6.07, 6.45) is 3.53. The van der Waals surface area contributed by atoms with E-state index < -0.39 is 0 Å². The quantitative estimate of drug-likeness (QED) is 0.432. The molecule has 0 aliphatic carbocycles. The lowest BCUT2D eigenvalue weighted by Crippen LogP contribution is -2.26. The fourth-order valence-electron chi connectivity index (χ4n) is 2.27. The van der Waals surface area contributed by atoms with Gasteiger partial charge in [-0.2, -0.15) is 0 Å². The van der Waals surface area contributed by atoms with Crippen LogP contribution < -0.4 is 15.4 Å². The maximum Gasteiger partial charge on any atom is 0.144 e. The van der Waals surface area contributed by atoms with E-state index in [4.69, 9.17) is 20.7 Å². The molecule has 0 radical (unpaired) electrons. The third kappa shape index (κ3) is 6.54. The maximum atomic E-state index is 8.96. The lowest BCUT2D eigenvalue weighted by Gasteiger charge is -2.26. The molecule has 0 fully saturated rings. The van der Waals surface area contributed by atoms with Crippen molar-refractivity contribution in [3.05, 3.63) is 18.2 Å². The average Bonchev–Trinajstić information content (AvgIpc) is 2.48. The number of hydrogen-bond acceptors (Lipinski definition) is 5. The van der Waals surface area contributed by atoms with Gasteiger partial charge in [-0.05, 0) is 51.7 Å². The van der Waals surface area contributed by atoms with Crippen LogP contribution in [0.3, 0.4) is 0 Å². The van der Waals surface area contributed by atoms with E-state index in [2.05, 4.69) is 4.90 Å². The van der Waals surface area contributed by atoms with Crippen molar-refractivity contribution in [2.24, 2.45) is 0 Å². The summed E-state index contributed by atoms with van der Waals surface area (Å²) in [5, 5.41) is 17.9. The number of nitrogens with zero attached hydrogens (tertiary/aromatic N) is 1. The van der Waals surface area contributed by atoms with E-state index in [1.165, 1.54) is 0 Å². The van der Waals surface area contributed by atoms with Crippen molar-refractivity contribution >= 4 is 11.4 Å². The number of unbranched alkanes of at least 4 members (excludes halogenated alkanes) is 2. The zero-order valence-electron chi connectivity index (χ0n) is 13.8. The van der Waals surface area contributed by atoms with Crippen molar-refractivity contribution in [1.29, 1.82) is 0 Å². The van der Waals surface area contributed by atoms with Crippen molar-refractivity contribution in [3.63, 3.8) is 0 Å². The standard InChI is InChI=1S/C17H30N2O3/c1-14(2)22-17-13-15(7-8-16(17)18)19(9-3-5-11-20)10-4-6-12-21/h7-8,13-14,20-21H,3-6,9-12,18H2,1-2H3. The molecule has 1 rings (SSSR count). The van der Waals surface area contributed by atoms with Gasteiger partial charge in [0.1, 0.15) is 5.75 Å². The summed E-state index contributed by atoms with van der Waals surface area (Å²) in [5.74, 6) is 0.710. The van der Waals surface area contributed by atoms with Gasteiger partial charge in [-0.25, -0.2) is 0 Å². The molecule has 0 bridgehead atoms. The van der Waals surface area contributed by atoms with E-state index in [-0.39, 0.29) is 19.3 Å². The number of aliphatic hydroxyl groups excluding tert-OH is 2. The molecule has 1 aromatic carbocycles. The third-order valence-corrected chi connectivity index (χ3v) is 3.40. The van der Waals surface area contributed by atoms with Crippen LogP contribution in [0.2, 0.25) is 0 Å².